The van der Waals surface area contributed by atoms with Gasteiger partial charge in [0.1, 0.15) is 11.9 Å². The summed E-state index contributed by atoms with van der Waals surface area (Å²) in [5.74, 6) is 2.87. The summed E-state index contributed by atoms with van der Waals surface area (Å²) in [5, 5.41) is 14.7. The lowest BCUT2D eigenvalue weighted by Crippen LogP contribution is -2.42. The molecule has 1 aliphatic carbocycles. The van der Waals surface area contributed by atoms with Gasteiger partial charge in [-0.15, -0.1) is 24.8 Å². The molecule has 0 bridgehead atoms. The van der Waals surface area contributed by atoms with Gasteiger partial charge in [-0.2, -0.15) is 0 Å². The minimum Gasteiger partial charge on any atom is -0.488 e. The Kier molecular flexibility index (Phi) is 8.98. The maximum Gasteiger partial charge on any atom is 0.125 e. The van der Waals surface area contributed by atoms with Crippen molar-refractivity contribution in [1.82, 2.24) is 10.2 Å². The molecular weight excluding hydrogens is 407 g/mol. The Balaban J connectivity index is 0.00000131. The SMILES string of the molecule is Cl.Cl.O[C@@H]1C[C@H]2CN(CC3CCNCC3)C[C@H]2C[C@H]1Oc1cccc(Cl)c1. The molecule has 3 fully saturated rings. The summed E-state index contributed by atoms with van der Waals surface area (Å²) in [5.41, 5.74) is 0. The van der Waals surface area contributed by atoms with Crippen LogP contribution in [0.5, 0.6) is 5.75 Å². The first-order valence-electron chi connectivity index (χ1n) is 9.71. The van der Waals surface area contributed by atoms with Crippen LogP contribution in [0, 0.1) is 17.8 Å². The Morgan fingerprint density at radius 3 is 2.52 bits per heavy atom. The van der Waals surface area contributed by atoms with Crippen LogP contribution < -0.4 is 10.1 Å². The number of aliphatic hydroxyl groups excluding tert-OH is 1. The average Bonchev–Trinajstić information content (AvgIpc) is 2.97. The number of rotatable bonds is 4. The molecule has 4 rings (SSSR count). The van der Waals surface area contributed by atoms with Crippen molar-refractivity contribution in [2.75, 3.05) is 32.7 Å². The van der Waals surface area contributed by atoms with Crippen LogP contribution in [0.2, 0.25) is 5.02 Å². The zero-order valence-electron chi connectivity index (χ0n) is 15.6. The van der Waals surface area contributed by atoms with E-state index in [2.05, 4.69) is 10.2 Å². The number of hydrogen-bond acceptors (Lipinski definition) is 4. The Labute approximate surface area is 179 Å². The smallest absolute Gasteiger partial charge is 0.125 e. The van der Waals surface area contributed by atoms with Crippen LogP contribution in [0.3, 0.4) is 0 Å². The van der Waals surface area contributed by atoms with Crippen LogP contribution in [0.25, 0.3) is 0 Å². The molecule has 2 heterocycles. The molecule has 1 saturated carbocycles. The second-order valence-corrected chi connectivity index (χ2v) is 8.52. The monoisotopic (exact) mass is 436 g/mol. The summed E-state index contributed by atoms with van der Waals surface area (Å²) in [6.07, 6.45) is 3.92. The molecule has 0 aromatic heterocycles. The van der Waals surface area contributed by atoms with Gasteiger partial charge in [0.15, 0.2) is 0 Å². The molecule has 27 heavy (non-hydrogen) atoms. The third-order valence-electron chi connectivity index (χ3n) is 6.22. The Morgan fingerprint density at radius 1 is 1.11 bits per heavy atom. The zero-order chi connectivity index (χ0) is 17.2. The van der Waals surface area contributed by atoms with Crippen molar-refractivity contribution in [3.05, 3.63) is 29.3 Å². The molecule has 0 unspecified atom stereocenters. The van der Waals surface area contributed by atoms with Gasteiger partial charge in [0, 0.05) is 24.7 Å². The fourth-order valence-electron chi connectivity index (χ4n) is 4.91. The van der Waals surface area contributed by atoms with E-state index in [1.807, 2.05) is 24.3 Å². The highest BCUT2D eigenvalue weighted by Crippen LogP contribution is 2.38. The molecule has 3 aliphatic rings. The quantitative estimate of drug-likeness (QED) is 0.755. The number of nitrogens with one attached hydrogen (secondary N) is 1. The van der Waals surface area contributed by atoms with Gasteiger partial charge in [0.2, 0.25) is 0 Å². The predicted octanol–water partition coefficient (Wildman–Crippen LogP) is 3.63. The molecule has 154 valence electrons. The van der Waals surface area contributed by atoms with E-state index in [4.69, 9.17) is 16.3 Å². The zero-order valence-corrected chi connectivity index (χ0v) is 17.9. The lowest BCUT2D eigenvalue weighted by atomic mass is 9.78. The van der Waals surface area contributed by atoms with E-state index in [0.29, 0.717) is 16.9 Å². The molecular formula is C20H31Cl3N2O2. The van der Waals surface area contributed by atoms with Crippen LogP contribution in [0.4, 0.5) is 0 Å². The number of fused-ring (bicyclic) bond motifs is 1. The van der Waals surface area contributed by atoms with Gasteiger partial charge in [-0.3, -0.25) is 0 Å². The summed E-state index contributed by atoms with van der Waals surface area (Å²) in [6.45, 7) is 5.87. The fraction of sp³-hybridized carbons (Fsp3) is 0.700. The van der Waals surface area contributed by atoms with Gasteiger partial charge in [0.25, 0.3) is 0 Å². The highest BCUT2D eigenvalue weighted by Gasteiger charge is 2.42. The average molecular weight is 438 g/mol. The van der Waals surface area contributed by atoms with Gasteiger partial charge in [-0.1, -0.05) is 17.7 Å². The van der Waals surface area contributed by atoms with Gasteiger partial charge < -0.3 is 20.1 Å². The first-order valence-corrected chi connectivity index (χ1v) is 10.1. The van der Waals surface area contributed by atoms with Crippen LogP contribution in [-0.2, 0) is 0 Å². The molecule has 7 heteroatoms. The van der Waals surface area contributed by atoms with E-state index in [0.717, 1.165) is 37.6 Å². The summed E-state index contributed by atoms with van der Waals surface area (Å²) in [7, 11) is 0. The number of hydrogen-bond donors (Lipinski definition) is 2. The van der Waals surface area contributed by atoms with Crippen molar-refractivity contribution in [1.29, 1.82) is 0 Å². The number of aliphatic hydroxyl groups is 1. The Hall–Kier alpha value is -0.230. The molecule has 2 aliphatic heterocycles. The topological polar surface area (TPSA) is 44.7 Å². The number of benzene rings is 1. The van der Waals surface area contributed by atoms with E-state index in [-0.39, 0.29) is 37.0 Å². The number of halogens is 3. The molecule has 1 aromatic rings. The van der Waals surface area contributed by atoms with E-state index < -0.39 is 0 Å². The normalized spacial score (nSPS) is 31.5. The van der Waals surface area contributed by atoms with Crippen molar-refractivity contribution in [2.24, 2.45) is 17.8 Å². The summed E-state index contributed by atoms with van der Waals surface area (Å²) < 4.78 is 6.08. The lowest BCUT2D eigenvalue weighted by Gasteiger charge is -2.35. The minimum atomic E-state index is -0.376. The molecule has 2 saturated heterocycles. The molecule has 2 N–H and O–H groups in total. The summed E-state index contributed by atoms with van der Waals surface area (Å²) in [4.78, 5) is 2.64. The molecule has 0 amide bonds. The van der Waals surface area contributed by atoms with E-state index in [9.17, 15) is 5.11 Å². The largest absolute Gasteiger partial charge is 0.488 e. The van der Waals surface area contributed by atoms with E-state index in [1.165, 1.54) is 32.5 Å². The number of piperidine rings is 1. The third kappa shape index (κ3) is 5.88. The second kappa shape index (κ2) is 10.5. The summed E-state index contributed by atoms with van der Waals surface area (Å²) in [6, 6.07) is 7.49. The fourth-order valence-corrected chi connectivity index (χ4v) is 5.09. The number of likely N-dealkylation sites (tertiary alicyclic amines) is 1. The lowest BCUT2D eigenvalue weighted by molar-refractivity contribution is -0.0231. The molecule has 0 radical (unpaired) electrons. The standard InChI is InChI=1S/C20H29ClN2O2.2ClH/c21-17-2-1-3-18(10-17)25-20-9-16-13-23(12-15(16)8-19(20)24)11-14-4-6-22-7-5-14;;/h1-3,10,14-16,19-20,22,24H,4-9,11-13H2;2*1H/t15-,16+,19+,20+;;/m0../s1. The molecule has 4 nitrogen and oxygen atoms in total. The maximum atomic E-state index is 10.6. The molecule has 1 aromatic carbocycles. The van der Waals surface area contributed by atoms with Crippen molar-refractivity contribution < 1.29 is 9.84 Å². The second-order valence-electron chi connectivity index (χ2n) is 8.08. The minimum absolute atomic E-state index is 0. The van der Waals surface area contributed by atoms with Crippen LogP contribution in [-0.4, -0.2) is 54.9 Å². The van der Waals surface area contributed by atoms with Crippen LogP contribution in [0.15, 0.2) is 24.3 Å². The molecule has 0 spiro atoms. The summed E-state index contributed by atoms with van der Waals surface area (Å²) >= 11 is 6.05. The van der Waals surface area contributed by atoms with Crippen molar-refractivity contribution >= 4 is 36.4 Å². The van der Waals surface area contributed by atoms with Crippen LogP contribution >= 0.6 is 36.4 Å². The predicted molar refractivity (Wildman–Crippen MR) is 115 cm³/mol. The van der Waals surface area contributed by atoms with Gasteiger partial charge >= 0.3 is 0 Å². The van der Waals surface area contributed by atoms with Crippen LogP contribution in [0.1, 0.15) is 25.7 Å². The maximum absolute atomic E-state index is 10.6. The Morgan fingerprint density at radius 2 is 1.81 bits per heavy atom. The van der Waals surface area contributed by atoms with Crippen molar-refractivity contribution in [3.8, 4) is 5.75 Å². The first kappa shape index (κ1) is 23.1. The first-order chi connectivity index (χ1) is 12.2. The van der Waals surface area contributed by atoms with Gasteiger partial charge in [0.05, 0.1) is 6.10 Å². The highest BCUT2D eigenvalue weighted by molar-refractivity contribution is 6.30. The molecule has 4 atom stereocenters. The Bertz CT molecular complexity index is 586. The number of nitrogens with zero attached hydrogens (tertiary/aromatic N) is 1. The van der Waals surface area contributed by atoms with Crippen molar-refractivity contribution in [3.63, 3.8) is 0 Å². The van der Waals surface area contributed by atoms with Crippen molar-refractivity contribution in [2.45, 2.75) is 37.9 Å². The van der Waals surface area contributed by atoms with E-state index in [1.54, 1.807) is 0 Å². The van der Waals surface area contributed by atoms with Gasteiger partial charge in [-0.05, 0) is 74.7 Å². The third-order valence-corrected chi connectivity index (χ3v) is 6.45. The number of ether oxygens (including phenoxy) is 1. The highest BCUT2D eigenvalue weighted by atomic mass is 35.5. The van der Waals surface area contributed by atoms with E-state index >= 15 is 0 Å². The van der Waals surface area contributed by atoms with Gasteiger partial charge in [-0.25, -0.2) is 0 Å².